The molecule has 4 rings (SSSR count). The maximum atomic E-state index is 5.91. The van der Waals surface area contributed by atoms with Crippen LogP contribution in [0.1, 0.15) is 11.6 Å². The lowest BCUT2D eigenvalue weighted by atomic mass is 10.2. The summed E-state index contributed by atoms with van der Waals surface area (Å²) in [5.74, 6) is 3.00. The molecule has 0 unspecified atom stereocenters. The fraction of sp³-hybridized carbons (Fsp3) is 0.143. The Morgan fingerprint density at radius 2 is 1.90 bits per heavy atom. The molecule has 30 heavy (non-hydrogen) atoms. The third kappa shape index (κ3) is 4.90. The van der Waals surface area contributed by atoms with E-state index in [0.29, 0.717) is 40.6 Å². The van der Waals surface area contributed by atoms with Crippen molar-refractivity contribution in [2.75, 3.05) is 0 Å². The largest absolute Gasteiger partial charge is 0.486 e. The minimum atomic E-state index is 0.281. The zero-order chi connectivity index (χ0) is 20.8. The van der Waals surface area contributed by atoms with Crippen LogP contribution < -0.4 is 4.74 Å². The first-order valence-electron chi connectivity index (χ1n) is 9.15. The third-order valence-electron chi connectivity index (χ3n) is 4.11. The van der Waals surface area contributed by atoms with E-state index in [1.54, 1.807) is 18.2 Å². The van der Waals surface area contributed by atoms with Gasteiger partial charge in [0.15, 0.2) is 16.8 Å². The molecular weight excluding hydrogens is 422 g/mol. The molecule has 0 atom stereocenters. The molecule has 0 spiro atoms. The first kappa shape index (κ1) is 20.2. The van der Waals surface area contributed by atoms with Crippen molar-refractivity contribution in [3.63, 3.8) is 0 Å². The summed E-state index contributed by atoms with van der Waals surface area (Å²) in [6.45, 7) is 4.67. The van der Waals surface area contributed by atoms with E-state index in [9.17, 15) is 0 Å². The van der Waals surface area contributed by atoms with Gasteiger partial charge in [0.05, 0.1) is 5.75 Å². The SMILES string of the molecule is C=CCn1c(COc2ccc(Cl)cc2)nnc1SCc1noc(-c2ccccc2)n1. The number of allylic oxidation sites excluding steroid dienone is 1. The molecule has 0 amide bonds. The van der Waals surface area contributed by atoms with Crippen LogP contribution in [0.2, 0.25) is 5.02 Å². The number of benzene rings is 2. The van der Waals surface area contributed by atoms with E-state index in [-0.39, 0.29) is 6.61 Å². The van der Waals surface area contributed by atoms with Gasteiger partial charge in [-0.1, -0.05) is 52.8 Å². The lowest BCUT2D eigenvalue weighted by Crippen LogP contribution is -2.07. The second kappa shape index (κ2) is 9.60. The van der Waals surface area contributed by atoms with E-state index in [0.717, 1.165) is 10.7 Å². The summed E-state index contributed by atoms with van der Waals surface area (Å²) in [7, 11) is 0. The first-order chi connectivity index (χ1) is 14.7. The zero-order valence-corrected chi connectivity index (χ0v) is 17.5. The van der Waals surface area contributed by atoms with Gasteiger partial charge in [-0.05, 0) is 36.4 Å². The Bertz CT molecular complexity index is 1110. The molecule has 152 valence electrons. The van der Waals surface area contributed by atoms with Crippen LogP contribution >= 0.6 is 23.4 Å². The number of hydrogen-bond acceptors (Lipinski definition) is 7. The van der Waals surface area contributed by atoms with E-state index in [4.69, 9.17) is 20.9 Å². The quantitative estimate of drug-likeness (QED) is 0.267. The molecular formula is C21H18ClN5O2S. The van der Waals surface area contributed by atoms with Gasteiger partial charge in [0.1, 0.15) is 12.4 Å². The minimum Gasteiger partial charge on any atom is -0.486 e. The van der Waals surface area contributed by atoms with Gasteiger partial charge in [-0.2, -0.15) is 4.98 Å². The maximum Gasteiger partial charge on any atom is 0.257 e. The van der Waals surface area contributed by atoms with Crippen LogP contribution in [-0.4, -0.2) is 24.9 Å². The average molecular weight is 440 g/mol. The Morgan fingerprint density at radius 3 is 2.67 bits per heavy atom. The molecule has 0 aliphatic heterocycles. The van der Waals surface area contributed by atoms with Gasteiger partial charge < -0.3 is 9.26 Å². The highest BCUT2D eigenvalue weighted by atomic mass is 35.5. The van der Waals surface area contributed by atoms with E-state index >= 15 is 0 Å². The summed E-state index contributed by atoms with van der Waals surface area (Å²) in [4.78, 5) is 4.45. The second-order valence-corrected chi connectivity index (χ2v) is 7.59. The lowest BCUT2D eigenvalue weighted by Gasteiger charge is -2.08. The normalized spacial score (nSPS) is 10.8. The molecule has 0 aliphatic rings. The Kier molecular flexibility index (Phi) is 6.46. The van der Waals surface area contributed by atoms with Gasteiger partial charge in [0, 0.05) is 17.1 Å². The topological polar surface area (TPSA) is 78.9 Å². The number of rotatable bonds is 9. The summed E-state index contributed by atoms with van der Waals surface area (Å²) in [6, 6.07) is 16.8. The van der Waals surface area contributed by atoms with E-state index in [2.05, 4.69) is 26.9 Å². The molecule has 7 nitrogen and oxygen atoms in total. The molecule has 0 radical (unpaired) electrons. The summed E-state index contributed by atoms with van der Waals surface area (Å²) in [5.41, 5.74) is 0.887. The van der Waals surface area contributed by atoms with Gasteiger partial charge in [-0.25, -0.2) is 0 Å². The van der Waals surface area contributed by atoms with Crippen molar-refractivity contribution in [3.05, 3.63) is 83.9 Å². The highest BCUT2D eigenvalue weighted by Crippen LogP contribution is 2.24. The predicted molar refractivity (Wildman–Crippen MR) is 115 cm³/mol. The molecule has 2 aromatic carbocycles. The molecule has 0 fully saturated rings. The van der Waals surface area contributed by atoms with Gasteiger partial charge in [0.2, 0.25) is 0 Å². The molecule has 2 aromatic heterocycles. The lowest BCUT2D eigenvalue weighted by molar-refractivity contribution is 0.289. The Labute approximate surface area is 182 Å². The van der Waals surface area contributed by atoms with Crippen molar-refractivity contribution >= 4 is 23.4 Å². The van der Waals surface area contributed by atoms with Gasteiger partial charge in [-0.15, -0.1) is 16.8 Å². The summed E-state index contributed by atoms with van der Waals surface area (Å²) < 4.78 is 13.1. The molecule has 0 saturated carbocycles. The Morgan fingerprint density at radius 1 is 1.10 bits per heavy atom. The van der Waals surface area contributed by atoms with Crippen LogP contribution in [0, 0.1) is 0 Å². The highest BCUT2D eigenvalue weighted by molar-refractivity contribution is 7.98. The Balaban J connectivity index is 1.42. The highest BCUT2D eigenvalue weighted by Gasteiger charge is 2.15. The maximum absolute atomic E-state index is 5.91. The zero-order valence-electron chi connectivity index (χ0n) is 15.9. The number of aromatic nitrogens is 5. The van der Waals surface area contributed by atoms with Gasteiger partial charge >= 0.3 is 0 Å². The van der Waals surface area contributed by atoms with Crippen molar-refractivity contribution in [1.82, 2.24) is 24.9 Å². The summed E-state index contributed by atoms with van der Waals surface area (Å²) in [5, 5.41) is 14.0. The Hall–Kier alpha value is -3.10. The summed E-state index contributed by atoms with van der Waals surface area (Å²) in [6.07, 6.45) is 1.79. The van der Waals surface area contributed by atoms with Crippen molar-refractivity contribution in [3.8, 4) is 17.2 Å². The van der Waals surface area contributed by atoms with Crippen molar-refractivity contribution in [2.24, 2.45) is 0 Å². The van der Waals surface area contributed by atoms with Crippen LogP contribution in [-0.2, 0) is 18.9 Å². The van der Waals surface area contributed by atoms with E-state index < -0.39 is 0 Å². The molecule has 9 heteroatoms. The molecule has 4 aromatic rings. The van der Waals surface area contributed by atoms with Crippen LogP contribution in [0.5, 0.6) is 5.75 Å². The fourth-order valence-corrected chi connectivity index (χ4v) is 3.60. The number of thioether (sulfide) groups is 1. The molecule has 2 heterocycles. The van der Waals surface area contributed by atoms with E-state index in [1.807, 2.05) is 47.0 Å². The molecule has 0 bridgehead atoms. The average Bonchev–Trinajstić information content (AvgIpc) is 3.40. The number of hydrogen-bond donors (Lipinski definition) is 0. The minimum absolute atomic E-state index is 0.281. The fourth-order valence-electron chi connectivity index (χ4n) is 2.66. The van der Waals surface area contributed by atoms with Crippen LogP contribution in [0.4, 0.5) is 0 Å². The number of halogens is 1. The van der Waals surface area contributed by atoms with Crippen molar-refractivity contribution in [1.29, 1.82) is 0 Å². The smallest absolute Gasteiger partial charge is 0.257 e. The molecule has 0 aliphatic carbocycles. The van der Waals surface area contributed by atoms with Gasteiger partial charge in [0.25, 0.3) is 5.89 Å². The first-order valence-corrected chi connectivity index (χ1v) is 10.5. The van der Waals surface area contributed by atoms with Crippen LogP contribution in [0.25, 0.3) is 11.5 Å². The summed E-state index contributed by atoms with van der Waals surface area (Å²) >= 11 is 7.38. The van der Waals surface area contributed by atoms with E-state index in [1.165, 1.54) is 11.8 Å². The molecule has 0 N–H and O–H groups in total. The standard InChI is InChI=1S/C21H18ClN5O2S/c1-2-12-27-19(13-28-17-10-8-16(22)9-11-17)24-25-21(27)30-14-18-23-20(29-26-18)15-6-4-3-5-7-15/h2-11H,1,12-14H2. The number of nitrogens with zero attached hydrogens (tertiary/aromatic N) is 5. The predicted octanol–water partition coefficient (Wildman–Crippen LogP) is 5.04. The van der Waals surface area contributed by atoms with Crippen LogP contribution in [0.3, 0.4) is 0 Å². The molecule has 0 saturated heterocycles. The second-order valence-electron chi connectivity index (χ2n) is 6.21. The van der Waals surface area contributed by atoms with Crippen molar-refractivity contribution in [2.45, 2.75) is 24.1 Å². The number of ether oxygens (including phenoxy) is 1. The monoisotopic (exact) mass is 439 g/mol. The van der Waals surface area contributed by atoms with Gasteiger partial charge in [-0.3, -0.25) is 4.57 Å². The van der Waals surface area contributed by atoms with Crippen molar-refractivity contribution < 1.29 is 9.26 Å². The van der Waals surface area contributed by atoms with Crippen LogP contribution in [0.15, 0.2) is 76.9 Å². The third-order valence-corrected chi connectivity index (χ3v) is 5.32.